The standard InChI is InChI=1S/C19H20ClN3O2S/c20-15-6-5-14(10-21)18(9-15)22-19(24)13-23(11-16-3-1-7-25-16)12-17-4-2-8-26-17/h2,4-6,8-9,16H,1,3,7,11-13H2,(H,22,24)/t16-/m0/s1. The molecule has 26 heavy (non-hydrogen) atoms. The fourth-order valence-electron chi connectivity index (χ4n) is 2.99. The van der Waals surface area contributed by atoms with Crippen LogP contribution in [0.25, 0.3) is 0 Å². The number of nitrogens with one attached hydrogen (secondary N) is 1. The highest BCUT2D eigenvalue weighted by Gasteiger charge is 2.21. The predicted molar refractivity (Wildman–Crippen MR) is 103 cm³/mol. The van der Waals surface area contributed by atoms with Gasteiger partial charge in [0.15, 0.2) is 0 Å². The van der Waals surface area contributed by atoms with Gasteiger partial charge in [-0.1, -0.05) is 17.7 Å². The van der Waals surface area contributed by atoms with Crippen LogP contribution in [0.1, 0.15) is 23.3 Å². The summed E-state index contributed by atoms with van der Waals surface area (Å²) in [6.45, 7) is 2.43. The molecule has 1 fully saturated rings. The Morgan fingerprint density at radius 3 is 3.04 bits per heavy atom. The average Bonchev–Trinajstić information content (AvgIpc) is 3.29. The first-order chi connectivity index (χ1) is 12.6. The van der Waals surface area contributed by atoms with Gasteiger partial charge in [0.05, 0.1) is 23.9 Å². The second kappa shape index (κ2) is 9.15. The number of hydrogen-bond donors (Lipinski definition) is 1. The van der Waals surface area contributed by atoms with Gasteiger partial charge in [0, 0.05) is 29.6 Å². The van der Waals surface area contributed by atoms with E-state index in [0.717, 1.165) is 19.4 Å². The Morgan fingerprint density at radius 2 is 2.35 bits per heavy atom. The van der Waals surface area contributed by atoms with E-state index < -0.39 is 0 Å². The van der Waals surface area contributed by atoms with Gasteiger partial charge in [-0.3, -0.25) is 9.69 Å². The van der Waals surface area contributed by atoms with Crippen molar-refractivity contribution >= 4 is 34.5 Å². The molecule has 136 valence electrons. The van der Waals surface area contributed by atoms with Crippen molar-refractivity contribution in [3.63, 3.8) is 0 Å². The quantitative estimate of drug-likeness (QED) is 0.780. The summed E-state index contributed by atoms with van der Waals surface area (Å²) >= 11 is 7.66. The third-order valence-electron chi connectivity index (χ3n) is 4.19. The number of carbonyl (C=O) groups is 1. The van der Waals surface area contributed by atoms with Crippen molar-refractivity contribution in [2.24, 2.45) is 0 Å². The molecule has 1 aromatic carbocycles. The number of ether oxygens (including phenoxy) is 1. The zero-order valence-electron chi connectivity index (χ0n) is 14.3. The monoisotopic (exact) mass is 389 g/mol. The minimum Gasteiger partial charge on any atom is -0.377 e. The number of hydrogen-bond acceptors (Lipinski definition) is 5. The summed E-state index contributed by atoms with van der Waals surface area (Å²) < 4.78 is 5.72. The van der Waals surface area contributed by atoms with E-state index in [1.165, 1.54) is 4.88 Å². The van der Waals surface area contributed by atoms with Crippen LogP contribution in [-0.2, 0) is 16.1 Å². The summed E-state index contributed by atoms with van der Waals surface area (Å²) in [6.07, 6.45) is 2.26. The smallest absolute Gasteiger partial charge is 0.238 e. The molecule has 0 bridgehead atoms. The third kappa shape index (κ3) is 5.29. The zero-order chi connectivity index (χ0) is 18.4. The first-order valence-electron chi connectivity index (χ1n) is 8.50. The number of amides is 1. The van der Waals surface area contributed by atoms with Gasteiger partial charge in [-0.25, -0.2) is 0 Å². The molecule has 0 radical (unpaired) electrons. The van der Waals surface area contributed by atoms with Crippen molar-refractivity contribution < 1.29 is 9.53 Å². The molecule has 1 aliphatic rings. The van der Waals surface area contributed by atoms with Crippen LogP contribution in [0, 0.1) is 11.3 Å². The van der Waals surface area contributed by atoms with E-state index in [-0.39, 0.29) is 18.6 Å². The first-order valence-corrected chi connectivity index (χ1v) is 9.75. The molecule has 2 aromatic rings. The fourth-order valence-corrected chi connectivity index (χ4v) is 3.91. The number of halogens is 1. The molecule has 2 heterocycles. The van der Waals surface area contributed by atoms with Crippen LogP contribution in [-0.4, -0.2) is 36.6 Å². The van der Waals surface area contributed by atoms with Crippen LogP contribution in [0.4, 0.5) is 5.69 Å². The molecule has 0 saturated carbocycles. The van der Waals surface area contributed by atoms with Crippen molar-refractivity contribution in [2.75, 3.05) is 25.0 Å². The average molecular weight is 390 g/mol. The molecule has 1 N–H and O–H groups in total. The van der Waals surface area contributed by atoms with Gasteiger partial charge in [-0.15, -0.1) is 11.3 Å². The van der Waals surface area contributed by atoms with E-state index in [1.807, 2.05) is 11.4 Å². The Morgan fingerprint density at radius 1 is 1.46 bits per heavy atom. The van der Waals surface area contributed by atoms with E-state index in [4.69, 9.17) is 16.3 Å². The second-order valence-electron chi connectivity index (χ2n) is 6.23. The molecule has 0 unspecified atom stereocenters. The van der Waals surface area contributed by atoms with E-state index in [0.29, 0.717) is 29.4 Å². The van der Waals surface area contributed by atoms with Crippen molar-refractivity contribution in [1.82, 2.24) is 4.90 Å². The summed E-state index contributed by atoms with van der Waals surface area (Å²) in [5, 5.41) is 14.5. The number of anilines is 1. The molecule has 1 aromatic heterocycles. The van der Waals surface area contributed by atoms with Gasteiger partial charge < -0.3 is 10.1 Å². The highest BCUT2D eigenvalue weighted by Crippen LogP contribution is 2.21. The van der Waals surface area contributed by atoms with Crippen LogP contribution in [0.15, 0.2) is 35.7 Å². The van der Waals surface area contributed by atoms with E-state index in [1.54, 1.807) is 29.5 Å². The molecule has 1 aliphatic heterocycles. The Balaban J connectivity index is 1.66. The maximum absolute atomic E-state index is 12.6. The number of nitrogens with zero attached hydrogens (tertiary/aromatic N) is 2. The maximum Gasteiger partial charge on any atom is 0.238 e. The largest absolute Gasteiger partial charge is 0.377 e. The van der Waals surface area contributed by atoms with E-state index in [2.05, 4.69) is 22.4 Å². The third-order valence-corrected chi connectivity index (χ3v) is 5.28. The van der Waals surface area contributed by atoms with Gasteiger partial charge in [0.1, 0.15) is 6.07 Å². The van der Waals surface area contributed by atoms with Crippen LogP contribution in [0.5, 0.6) is 0 Å². The Hall–Kier alpha value is -1.91. The normalized spacial score (nSPS) is 16.6. The lowest BCUT2D eigenvalue weighted by molar-refractivity contribution is -0.117. The second-order valence-corrected chi connectivity index (χ2v) is 7.70. The zero-order valence-corrected chi connectivity index (χ0v) is 15.9. The molecular formula is C19H20ClN3O2S. The van der Waals surface area contributed by atoms with Crippen LogP contribution in [0.2, 0.25) is 5.02 Å². The highest BCUT2D eigenvalue weighted by atomic mass is 35.5. The van der Waals surface area contributed by atoms with Crippen LogP contribution < -0.4 is 5.32 Å². The lowest BCUT2D eigenvalue weighted by Gasteiger charge is -2.24. The summed E-state index contributed by atoms with van der Waals surface area (Å²) in [5.41, 5.74) is 0.838. The summed E-state index contributed by atoms with van der Waals surface area (Å²) in [7, 11) is 0. The molecular weight excluding hydrogens is 370 g/mol. The number of carbonyl (C=O) groups excluding carboxylic acids is 1. The maximum atomic E-state index is 12.6. The first kappa shape index (κ1) is 18.9. The van der Waals surface area contributed by atoms with E-state index >= 15 is 0 Å². The molecule has 0 spiro atoms. The Kier molecular flexibility index (Phi) is 6.64. The van der Waals surface area contributed by atoms with Gasteiger partial charge in [-0.2, -0.15) is 5.26 Å². The molecule has 7 heteroatoms. The number of benzene rings is 1. The lowest BCUT2D eigenvalue weighted by atomic mass is 10.2. The minimum atomic E-state index is -0.168. The van der Waals surface area contributed by atoms with Crippen LogP contribution >= 0.6 is 22.9 Å². The summed E-state index contributed by atoms with van der Waals surface area (Å²) in [6, 6.07) is 11.0. The number of thiophene rings is 1. The number of nitriles is 1. The van der Waals surface area contributed by atoms with Gasteiger partial charge in [0.25, 0.3) is 0 Å². The number of rotatable bonds is 7. The SMILES string of the molecule is N#Cc1ccc(Cl)cc1NC(=O)CN(Cc1cccs1)C[C@@H]1CCCO1. The van der Waals surface area contributed by atoms with Crippen molar-refractivity contribution in [3.8, 4) is 6.07 Å². The molecule has 1 atom stereocenters. The Labute approximate surface area is 162 Å². The summed E-state index contributed by atoms with van der Waals surface area (Å²) in [5.74, 6) is -0.168. The van der Waals surface area contributed by atoms with Crippen molar-refractivity contribution in [1.29, 1.82) is 5.26 Å². The molecule has 5 nitrogen and oxygen atoms in total. The van der Waals surface area contributed by atoms with Gasteiger partial charge >= 0.3 is 0 Å². The fraction of sp³-hybridized carbons (Fsp3) is 0.368. The molecule has 0 aliphatic carbocycles. The van der Waals surface area contributed by atoms with Crippen LogP contribution in [0.3, 0.4) is 0 Å². The molecule has 1 saturated heterocycles. The lowest BCUT2D eigenvalue weighted by Crippen LogP contribution is -2.37. The topological polar surface area (TPSA) is 65.4 Å². The van der Waals surface area contributed by atoms with Crippen molar-refractivity contribution in [2.45, 2.75) is 25.5 Å². The van der Waals surface area contributed by atoms with Gasteiger partial charge in [-0.05, 0) is 42.5 Å². The summed E-state index contributed by atoms with van der Waals surface area (Å²) in [4.78, 5) is 15.9. The highest BCUT2D eigenvalue weighted by molar-refractivity contribution is 7.09. The minimum absolute atomic E-state index is 0.168. The predicted octanol–water partition coefficient (Wildman–Crippen LogP) is 3.89. The van der Waals surface area contributed by atoms with Gasteiger partial charge in [0.2, 0.25) is 5.91 Å². The molecule has 3 rings (SSSR count). The van der Waals surface area contributed by atoms with E-state index in [9.17, 15) is 10.1 Å². The van der Waals surface area contributed by atoms with Crippen molar-refractivity contribution in [3.05, 3.63) is 51.2 Å². The Bertz CT molecular complexity index is 783. The molecule has 1 amide bonds.